The molecule has 2 aromatic carbocycles. The van der Waals surface area contributed by atoms with Crippen LogP contribution in [0.5, 0.6) is 5.75 Å². The minimum absolute atomic E-state index is 0. The zero-order valence-corrected chi connectivity index (χ0v) is 18.8. The zero-order valence-electron chi connectivity index (χ0n) is 17.9. The summed E-state index contributed by atoms with van der Waals surface area (Å²) >= 11 is 0. The van der Waals surface area contributed by atoms with Crippen LogP contribution in [0.25, 0.3) is 0 Å². The number of benzene rings is 2. The van der Waals surface area contributed by atoms with E-state index in [2.05, 4.69) is 0 Å². The largest absolute Gasteiger partial charge is 0.481 e. The number of hydrogen-bond donors (Lipinski definition) is 2. The molecule has 3 N–H and O–H groups in total. The summed E-state index contributed by atoms with van der Waals surface area (Å²) < 4.78 is 5.50. The monoisotopic (exact) mass is 459 g/mol. The van der Waals surface area contributed by atoms with E-state index < -0.39 is 11.9 Å². The third-order valence-corrected chi connectivity index (χ3v) is 6.07. The first-order chi connectivity index (χ1) is 15.0. The first-order valence-corrected chi connectivity index (χ1v) is 10.8. The van der Waals surface area contributed by atoms with E-state index >= 15 is 0 Å². The molecule has 0 aromatic heterocycles. The van der Waals surface area contributed by atoms with E-state index in [4.69, 9.17) is 10.5 Å². The van der Waals surface area contributed by atoms with Gasteiger partial charge in [0.05, 0.1) is 11.8 Å². The van der Waals surface area contributed by atoms with E-state index in [9.17, 15) is 19.5 Å². The number of ether oxygens (including phenoxy) is 1. The second-order valence-corrected chi connectivity index (χ2v) is 8.16. The lowest BCUT2D eigenvalue weighted by Crippen LogP contribution is -2.28. The molecule has 32 heavy (non-hydrogen) atoms. The number of halogens is 1. The van der Waals surface area contributed by atoms with Gasteiger partial charge in [-0.2, -0.15) is 0 Å². The van der Waals surface area contributed by atoms with Crippen LogP contribution in [0.1, 0.15) is 60.4 Å². The number of nitrogens with two attached hydrogens (primary N) is 1. The number of hydrogen-bond acceptors (Lipinski definition) is 5. The number of esters is 1. The molecule has 7 heteroatoms. The van der Waals surface area contributed by atoms with Crippen LogP contribution in [0, 0.1) is 11.8 Å². The molecule has 2 aromatic rings. The average molecular weight is 460 g/mol. The maximum Gasteiger partial charge on any atom is 0.314 e. The normalized spacial score (nSPS) is 18.8. The molecule has 0 spiro atoms. The van der Waals surface area contributed by atoms with Gasteiger partial charge < -0.3 is 15.6 Å². The molecular weight excluding hydrogens is 430 g/mol. The lowest BCUT2D eigenvalue weighted by molar-refractivity contribution is -0.140. The lowest BCUT2D eigenvalue weighted by atomic mass is 9.82. The number of ketones is 1. The van der Waals surface area contributed by atoms with Crippen LogP contribution < -0.4 is 10.5 Å². The standard InChI is InChI=1S/C25H29NO5.ClH/c26-16-17-6-8-20(9-7-17)25(30)31-21-12-10-18(11-13-21)22(24(28)29)14-15-23(27)19-4-2-1-3-5-19;/h1-5,10-13,17,20,22H,6-9,14-16,26H2,(H,28,29);1H. The fraction of sp³-hybridized carbons (Fsp3) is 0.400. The summed E-state index contributed by atoms with van der Waals surface area (Å²) in [5.41, 5.74) is 6.86. The van der Waals surface area contributed by atoms with Crippen molar-refractivity contribution in [2.45, 2.75) is 44.4 Å². The fourth-order valence-corrected chi connectivity index (χ4v) is 4.08. The van der Waals surface area contributed by atoms with Gasteiger partial charge in [-0.15, -0.1) is 12.4 Å². The highest BCUT2D eigenvalue weighted by Crippen LogP contribution is 2.30. The first-order valence-electron chi connectivity index (χ1n) is 10.8. The lowest BCUT2D eigenvalue weighted by Gasteiger charge is -2.26. The van der Waals surface area contributed by atoms with Gasteiger partial charge in [-0.3, -0.25) is 14.4 Å². The van der Waals surface area contributed by atoms with Gasteiger partial charge in [0, 0.05) is 12.0 Å². The molecule has 1 fully saturated rings. The fourth-order valence-electron chi connectivity index (χ4n) is 4.08. The van der Waals surface area contributed by atoms with Gasteiger partial charge in [-0.05, 0) is 62.3 Å². The Morgan fingerprint density at radius 3 is 2.16 bits per heavy atom. The molecule has 0 bridgehead atoms. The van der Waals surface area contributed by atoms with E-state index in [0.29, 0.717) is 29.3 Å². The summed E-state index contributed by atoms with van der Waals surface area (Å²) in [6.45, 7) is 0.658. The highest BCUT2D eigenvalue weighted by atomic mass is 35.5. The Hall–Kier alpha value is -2.70. The molecule has 1 unspecified atom stereocenters. The molecule has 0 saturated heterocycles. The molecule has 0 amide bonds. The van der Waals surface area contributed by atoms with Crippen LogP contribution in [-0.4, -0.2) is 29.4 Å². The summed E-state index contributed by atoms with van der Waals surface area (Å²) in [5, 5.41) is 9.63. The van der Waals surface area contributed by atoms with Crippen LogP contribution in [0.3, 0.4) is 0 Å². The quantitative estimate of drug-likeness (QED) is 0.322. The van der Waals surface area contributed by atoms with Gasteiger partial charge >= 0.3 is 11.9 Å². The maximum absolute atomic E-state index is 12.4. The van der Waals surface area contributed by atoms with Crippen LogP contribution in [0.4, 0.5) is 0 Å². The van der Waals surface area contributed by atoms with Crippen molar-refractivity contribution in [1.29, 1.82) is 0 Å². The van der Waals surface area contributed by atoms with E-state index in [1.54, 1.807) is 48.5 Å². The van der Waals surface area contributed by atoms with E-state index in [1.165, 1.54) is 0 Å². The molecule has 1 atom stereocenters. The van der Waals surface area contributed by atoms with Crippen LogP contribution >= 0.6 is 12.4 Å². The number of carbonyl (C=O) groups is 3. The second-order valence-electron chi connectivity index (χ2n) is 8.16. The molecule has 6 nitrogen and oxygen atoms in total. The molecule has 1 aliphatic rings. The Morgan fingerprint density at radius 1 is 0.969 bits per heavy atom. The summed E-state index contributed by atoms with van der Waals surface area (Å²) in [4.78, 5) is 36.5. The van der Waals surface area contributed by atoms with Gasteiger partial charge in [-0.25, -0.2) is 0 Å². The van der Waals surface area contributed by atoms with Crippen molar-refractivity contribution in [2.24, 2.45) is 17.6 Å². The number of carbonyl (C=O) groups excluding carboxylic acids is 2. The van der Waals surface area contributed by atoms with Gasteiger partial charge in [0.15, 0.2) is 5.78 Å². The molecule has 0 aliphatic heterocycles. The summed E-state index contributed by atoms with van der Waals surface area (Å²) in [6, 6.07) is 15.4. The van der Waals surface area contributed by atoms with Crippen LogP contribution in [0.15, 0.2) is 54.6 Å². The SMILES string of the molecule is Cl.NCC1CCC(C(=O)Oc2ccc(C(CCC(=O)c3ccccc3)C(=O)O)cc2)CC1. The molecule has 1 aliphatic carbocycles. The minimum Gasteiger partial charge on any atom is -0.481 e. The Kier molecular flexibility index (Phi) is 9.88. The van der Waals surface area contributed by atoms with Crippen molar-refractivity contribution in [1.82, 2.24) is 0 Å². The average Bonchev–Trinajstić information content (AvgIpc) is 2.80. The van der Waals surface area contributed by atoms with E-state index in [1.807, 2.05) is 6.07 Å². The molecule has 172 valence electrons. The Morgan fingerprint density at radius 2 is 1.59 bits per heavy atom. The Labute approximate surface area is 194 Å². The summed E-state index contributed by atoms with van der Waals surface area (Å²) in [7, 11) is 0. The first kappa shape index (κ1) is 25.6. The van der Waals surface area contributed by atoms with Gasteiger partial charge in [0.25, 0.3) is 0 Å². The molecule has 0 radical (unpaired) electrons. The number of Topliss-reactive ketones (excluding diaryl/α,β-unsaturated/α-hetero) is 1. The minimum atomic E-state index is -0.984. The van der Waals surface area contributed by atoms with Gasteiger partial charge in [-0.1, -0.05) is 42.5 Å². The van der Waals surface area contributed by atoms with E-state index in [-0.39, 0.29) is 42.9 Å². The topological polar surface area (TPSA) is 107 Å². The highest BCUT2D eigenvalue weighted by molar-refractivity contribution is 5.96. The predicted octanol–water partition coefficient (Wildman–Crippen LogP) is 4.61. The van der Waals surface area contributed by atoms with Crippen molar-refractivity contribution >= 4 is 30.1 Å². The molecular formula is C25H30ClNO5. The van der Waals surface area contributed by atoms with Crippen LogP contribution in [0.2, 0.25) is 0 Å². The van der Waals surface area contributed by atoms with Crippen molar-refractivity contribution in [2.75, 3.05) is 6.54 Å². The van der Waals surface area contributed by atoms with Crippen LogP contribution in [-0.2, 0) is 9.59 Å². The molecule has 0 heterocycles. The third-order valence-electron chi connectivity index (χ3n) is 6.07. The molecule has 3 rings (SSSR count). The number of rotatable bonds is 9. The Balaban J connectivity index is 0.00000363. The number of carboxylic acid groups (broad SMARTS) is 1. The van der Waals surface area contributed by atoms with Crippen molar-refractivity contribution in [3.8, 4) is 5.75 Å². The number of carboxylic acids is 1. The van der Waals surface area contributed by atoms with Gasteiger partial charge in [0.2, 0.25) is 0 Å². The number of aliphatic carboxylic acids is 1. The van der Waals surface area contributed by atoms with Crippen molar-refractivity contribution < 1.29 is 24.2 Å². The van der Waals surface area contributed by atoms with Crippen molar-refractivity contribution in [3.05, 3.63) is 65.7 Å². The molecule has 1 saturated carbocycles. The summed E-state index contributed by atoms with van der Waals surface area (Å²) in [6.07, 6.45) is 3.80. The predicted molar refractivity (Wildman–Crippen MR) is 124 cm³/mol. The second kappa shape index (κ2) is 12.4. The highest BCUT2D eigenvalue weighted by Gasteiger charge is 2.27. The summed E-state index contributed by atoms with van der Waals surface area (Å²) in [5.74, 6) is -1.33. The smallest absolute Gasteiger partial charge is 0.314 e. The van der Waals surface area contributed by atoms with Gasteiger partial charge in [0.1, 0.15) is 5.75 Å². The maximum atomic E-state index is 12.4. The zero-order chi connectivity index (χ0) is 22.2. The van der Waals surface area contributed by atoms with Crippen molar-refractivity contribution in [3.63, 3.8) is 0 Å². The third kappa shape index (κ3) is 6.90. The Bertz CT molecular complexity index is 892. The van der Waals surface area contributed by atoms with E-state index in [0.717, 1.165) is 25.7 Å².